The highest BCUT2D eigenvalue weighted by Crippen LogP contribution is 2.44. The van der Waals surface area contributed by atoms with Gasteiger partial charge in [-0.05, 0) is 37.6 Å². The standard InChI is InChI=1S/C30H34N6O4S/c1-19(2)36-12-10-35(11-13-36)18-22-17-32-29(40-22)23-6-5-7-26-28(23)24-14-20(8-9-25(24)33-26)21-15-27(34-41(4,37)38)30(39-3)31-16-21/h5-6,8-9,14-17,19,34H,7,10-13,18H2,1-4H3. The molecule has 4 heterocycles. The Morgan fingerprint density at radius 2 is 1.88 bits per heavy atom. The lowest BCUT2D eigenvalue weighted by Crippen LogP contribution is -2.48. The van der Waals surface area contributed by atoms with Crippen molar-refractivity contribution in [3.8, 4) is 17.0 Å². The Morgan fingerprint density at radius 1 is 1.07 bits per heavy atom. The van der Waals surface area contributed by atoms with Gasteiger partial charge >= 0.3 is 0 Å². The lowest BCUT2D eigenvalue weighted by atomic mass is 9.90. The molecule has 41 heavy (non-hydrogen) atoms. The summed E-state index contributed by atoms with van der Waals surface area (Å²) in [5, 5.41) is 0. The van der Waals surface area contributed by atoms with Gasteiger partial charge in [-0.25, -0.2) is 18.4 Å². The van der Waals surface area contributed by atoms with Crippen molar-refractivity contribution in [1.29, 1.82) is 0 Å². The third kappa shape index (κ3) is 5.70. The molecule has 0 saturated carbocycles. The first-order chi connectivity index (χ1) is 19.7. The zero-order chi connectivity index (χ0) is 28.7. The van der Waals surface area contributed by atoms with Gasteiger partial charge in [0.05, 0.1) is 37.5 Å². The first-order valence-corrected chi connectivity index (χ1v) is 15.6. The van der Waals surface area contributed by atoms with E-state index in [1.165, 1.54) is 7.11 Å². The molecule has 1 N–H and O–H groups in total. The number of piperazine rings is 1. The maximum atomic E-state index is 11.9. The average molecular weight is 575 g/mol. The molecule has 3 aromatic rings. The molecule has 6 rings (SSSR count). The van der Waals surface area contributed by atoms with Crippen LogP contribution in [0, 0.1) is 0 Å². The molecule has 214 valence electrons. The molecule has 1 aromatic carbocycles. The number of benzene rings is 1. The smallest absolute Gasteiger partial charge is 0.238 e. The number of allylic oxidation sites excluding steroid dienone is 4. The number of sulfonamides is 1. The van der Waals surface area contributed by atoms with Crippen LogP contribution in [0.5, 0.6) is 5.88 Å². The fraction of sp³-hybridized carbons (Fsp3) is 0.367. The Labute approximate surface area is 240 Å². The minimum Gasteiger partial charge on any atom is -0.480 e. The summed E-state index contributed by atoms with van der Waals surface area (Å²) in [6.45, 7) is 9.37. The van der Waals surface area contributed by atoms with E-state index in [4.69, 9.17) is 14.1 Å². The summed E-state index contributed by atoms with van der Waals surface area (Å²) in [5.74, 6) is 1.64. The van der Waals surface area contributed by atoms with Gasteiger partial charge in [0.25, 0.3) is 0 Å². The zero-order valence-electron chi connectivity index (χ0n) is 23.7. The molecule has 11 heteroatoms. The van der Waals surface area contributed by atoms with Crippen LogP contribution in [-0.2, 0) is 16.6 Å². The zero-order valence-corrected chi connectivity index (χ0v) is 24.5. The van der Waals surface area contributed by atoms with E-state index in [0.717, 1.165) is 90.4 Å². The number of nitrogens with one attached hydrogen (secondary N) is 1. The number of methoxy groups -OCH3 is 1. The predicted molar refractivity (Wildman–Crippen MR) is 161 cm³/mol. The number of oxazole rings is 1. The van der Waals surface area contributed by atoms with Gasteiger partial charge in [-0.1, -0.05) is 18.2 Å². The van der Waals surface area contributed by atoms with Gasteiger partial charge in [0, 0.05) is 67.1 Å². The molecule has 3 aliphatic rings. The van der Waals surface area contributed by atoms with Crippen molar-refractivity contribution < 1.29 is 17.6 Å². The summed E-state index contributed by atoms with van der Waals surface area (Å²) in [6.07, 6.45) is 9.49. The van der Waals surface area contributed by atoms with Crippen LogP contribution >= 0.6 is 0 Å². The van der Waals surface area contributed by atoms with E-state index in [9.17, 15) is 8.42 Å². The Balaban J connectivity index is 1.30. The van der Waals surface area contributed by atoms with Crippen molar-refractivity contribution in [2.75, 3.05) is 44.3 Å². The van der Waals surface area contributed by atoms with Gasteiger partial charge < -0.3 is 9.15 Å². The minimum atomic E-state index is -3.51. The van der Waals surface area contributed by atoms with Crippen LogP contribution in [0.4, 0.5) is 11.4 Å². The van der Waals surface area contributed by atoms with Gasteiger partial charge in [-0.3, -0.25) is 19.5 Å². The second kappa shape index (κ2) is 10.9. The van der Waals surface area contributed by atoms with Crippen molar-refractivity contribution >= 4 is 38.3 Å². The molecule has 0 unspecified atom stereocenters. The Kier molecular flexibility index (Phi) is 7.27. The molecule has 1 fully saturated rings. The SMILES string of the molecule is COc1ncc(-c2ccc3c(c2)C2=C(c4ncc(CN5CCN(C(C)C)CC5)o4)C=CCC2=N3)cc1NS(C)(=O)=O. The largest absolute Gasteiger partial charge is 0.480 e. The molecule has 10 nitrogen and oxygen atoms in total. The second-order valence-electron chi connectivity index (χ2n) is 10.9. The second-order valence-corrected chi connectivity index (χ2v) is 12.6. The van der Waals surface area contributed by atoms with Crippen LogP contribution in [-0.4, -0.2) is 79.5 Å². The number of aromatic nitrogens is 2. The molecule has 0 radical (unpaired) electrons. The number of aliphatic imine (C=N–C) groups is 1. The maximum absolute atomic E-state index is 11.9. The average Bonchev–Trinajstić information content (AvgIpc) is 3.56. The van der Waals surface area contributed by atoms with Crippen LogP contribution in [0.3, 0.4) is 0 Å². The highest BCUT2D eigenvalue weighted by atomic mass is 32.2. The van der Waals surface area contributed by atoms with E-state index in [1.54, 1.807) is 12.3 Å². The molecule has 2 aliphatic heterocycles. The normalized spacial score (nSPS) is 17.5. The van der Waals surface area contributed by atoms with Crippen molar-refractivity contribution in [3.05, 3.63) is 66.0 Å². The highest BCUT2D eigenvalue weighted by molar-refractivity contribution is 7.92. The number of nitrogens with zero attached hydrogens (tertiary/aromatic N) is 5. The summed E-state index contributed by atoms with van der Waals surface area (Å²) < 4.78 is 37.9. The van der Waals surface area contributed by atoms with E-state index in [-0.39, 0.29) is 11.6 Å². The number of anilines is 1. The monoisotopic (exact) mass is 574 g/mol. The van der Waals surface area contributed by atoms with Gasteiger partial charge in [0.1, 0.15) is 11.4 Å². The third-order valence-corrected chi connectivity index (χ3v) is 8.24. The molecular weight excluding hydrogens is 540 g/mol. The number of hydrogen-bond acceptors (Lipinski definition) is 9. The van der Waals surface area contributed by atoms with Gasteiger partial charge in [-0.2, -0.15) is 0 Å². The first-order valence-electron chi connectivity index (χ1n) is 13.8. The summed E-state index contributed by atoms with van der Waals surface area (Å²) in [6, 6.07) is 8.30. The minimum absolute atomic E-state index is 0.204. The third-order valence-electron chi connectivity index (χ3n) is 7.65. The first kappa shape index (κ1) is 27.4. The van der Waals surface area contributed by atoms with E-state index in [0.29, 0.717) is 11.9 Å². The number of pyridine rings is 1. The van der Waals surface area contributed by atoms with Crippen molar-refractivity contribution in [2.45, 2.75) is 32.9 Å². The van der Waals surface area contributed by atoms with E-state index >= 15 is 0 Å². The molecule has 1 saturated heterocycles. The fourth-order valence-electron chi connectivity index (χ4n) is 5.58. The molecule has 0 spiro atoms. The van der Waals surface area contributed by atoms with Gasteiger partial charge in [0.2, 0.25) is 21.8 Å². The molecule has 2 aromatic heterocycles. The molecule has 0 amide bonds. The Bertz CT molecular complexity index is 1680. The Hall–Kier alpha value is -3.80. The van der Waals surface area contributed by atoms with Crippen LogP contribution in [0.15, 0.2) is 58.2 Å². The lowest BCUT2D eigenvalue weighted by molar-refractivity contribution is 0.0990. The predicted octanol–water partition coefficient (Wildman–Crippen LogP) is 4.60. The van der Waals surface area contributed by atoms with Crippen molar-refractivity contribution in [2.24, 2.45) is 4.99 Å². The van der Waals surface area contributed by atoms with Crippen LogP contribution in [0.2, 0.25) is 0 Å². The van der Waals surface area contributed by atoms with Crippen LogP contribution in [0.25, 0.3) is 22.3 Å². The number of fused-ring (bicyclic) bond motifs is 3. The molecule has 0 atom stereocenters. The lowest BCUT2D eigenvalue weighted by Gasteiger charge is -2.36. The van der Waals surface area contributed by atoms with Gasteiger partial charge in [0.15, 0.2) is 0 Å². The highest BCUT2D eigenvalue weighted by Gasteiger charge is 2.29. The number of hydrogen-bond donors (Lipinski definition) is 1. The molecular formula is C30H34N6O4S. The van der Waals surface area contributed by atoms with Crippen LogP contribution in [0.1, 0.15) is 37.5 Å². The quantitative estimate of drug-likeness (QED) is 0.415. The fourth-order valence-corrected chi connectivity index (χ4v) is 6.12. The van der Waals surface area contributed by atoms with Crippen molar-refractivity contribution in [3.63, 3.8) is 0 Å². The van der Waals surface area contributed by atoms with E-state index in [2.05, 4.69) is 56.6 Å². The summed E-state index contributed by atoms with van der Waals surface area (Å²) >= 11 is 0. The maximum Gasteiger partial charge on any atom is 0.238 e. The topological polar surface area (TPSA) is 113 Å². The number of ether oxygens (including phenoxy) is 1. The van der Waals surface area contributed by atoms with Gasteiger partial charge in [-0.15, -0.1) is 0 Å². The Morgan fingerprint density at radius 3 is 2.61 bits per heavy atom. The molecule has 1 aliphatic carbocycles. The van der Waals surface area contributed by atoms with E-state index < -0.39 is 10.0 Å². The van der Waals surface area contributed by atoms with Crippen LogP contribution < -0.4 is 9.46 Å². The summed E-state index contributed by atoms with van der Waals surface area (Å²) in [4.78, 5) is 18.8. The molecule has 0 bridgehead atoms. The number of rotatable bonds is 8. The van der Waals surface area contributed by atoms with E-state index in [1.807, 2.05) is 18.3 Å². The summed E-state index contributed by atoms with van der Waals surface area (Å²) in [7, 11) is -2.06. The van der Waals surface area contributed by atoms with Crippen molar-refractivity contribution in [1.82, 2.24) is 19.8 Å². The summed E-state index contributed by atoms with van der Waals surface area (Å²) in [5.41, 5.74) is 6.67.